The Hall–Kier alpha value is -3.80. The van der Waals surface area contributed by atoms with Gasteiger partial charge in [0.1, 0.15) is 5.75 Å². The highest BCUT2D eigenvalue weighted by molar-refractivity contribution is 6.08. The van der Waals surface area contributed by atoms with E-state index in [0.717, 1.165) is 22.0 Å². The number of ether oxygens (including phenoxy) is 1. The number of nitrogens with zero attached hydrogens (tertiary/aromatic N) is 3. The first kappa shape index (κ1) is 17.6. The fourth-order valence-electron chi connectivity index (χ4n) is 3.02. The number of hydrogen-bond donors (Lipinski definition) is 1. The number of methoxy groups -OCH3 is 1. The van der Waals surface area contributed by atoms with E-state index in [0.29, 0.717) is 23.6 Å². The third kappa shape index (κ3) is 3.66. The largest absolute Gasteiger partial charge is 0.497 e. The molecule has 28 heavy (non-hydrogen) atoms. The van der Waals surface area contributed by atoms with Gasteiger partial charge in [-0.1, -0.05) is 30.3 Å². The number of amides is 1. The maximum Gasteiger partial charge on any atom is 0.257 e. The molecule has 0 spiro atoms. The zero-order valence-electron chi connectivity index (χ0n) is 15.3. The van der Waals surface area contributed by atoms with Crippen molar-refractivity contribution in [1.29, 1.82) is 0 Å². The number of nitrogens with one attached hydrogen (secondary N) is 1. The van der Waals surface area contributed by atoms with E-state index in [2.05, 4.69) is 20.5 Å². The molecule has 4 aromatic rings. The van der Waals surface area contributed by atoms with Gasteiger partial charge in [0, 0.05) is 35.2 Å². The van der Waals surface area contributed by atoms with Crippen LogP contribution < -0.4 is 10.1 Å². The van der Waals surface area contributed by atoms with Crippen LogP contribution in [0.3, 0.4) is 0 Å². The highest BCUT2D eigenvalue weighted by atomic mass is 16.5. The lowest BCUT2D eigenvalue weighted by molar-refractivity contribution is 0.102. The molecule has 0 atom stereocenters. The van der Waals surface area contributed by atoms with E-state index in [1.54, 1.807) is 43.8 Å². The quantitative estimate of drug-likeness (QED) is 0.577. The maximum absolute atomic E-state index is 12.7. The van der Waals surface area contributed by atoms with Crippen molar-refractivity contribution in [3.8, 4) is 5.75 Å². The number of benzene rings is 2. The molecule has 0 fully saturated rings. The minimum Gasteiger partial charge on any atom is -0.497 e. The highest BCUT2D eigenvalue weighted by Gasteiger charge is 2.13. The first-order chi connectivity index (χ1) is 13.7. The van der Waals surface area contributed by atoms with Crippen molar-refractivity contribution in [1.82, 2.24) is 15.2 Å². The summed E-state index contributed by atoms with van der Waals surface area (Å²) in [6, 6.07) is 18.7. The monoisotopic (exact) mass is 370 g/mol. The number of aromatic nitrogens is 3. The predicted octanol–water partition coefficient (Wildman–Crippen LogP) is 3.88. The zero-order valence-corrected chi connectivity index (χ0v) is 15.3. The predicted molar refractivity (Wildman–Crippen MR) is 108 cm³/mol. The van der Waals surface area contributed by atoms with Crippen LogP contribution in [0.2, 0.25) is 0 Å². The Morgan fingerprint density at radius 2 is 1.75 bits per heavy atom. The normalized spacial score (nSPS) is 10.6. The fourth-order valence-corrected chi connectivity index (χ4v) is 3.02. The Balaban J connectivity index is 1.67. The number of pyridine rings is 1. The number of hydrogen-bond acceptors (Lipinski definition) is 5. The van der Waals surface area contributed by atoms with E-state index in [1.165, 1.54) is 0 Å². The Morgan fingerprint density at radius 1 is 0.964 bits per heavy atom. The summed E-state index contributed by atoms with van der Waals surface area (Å²) in [7, 11) is 1.57. The van der Waals surface area contributed by atoms with E-state index < -0.39 is 0 Å². The lowest BCUT2D eigenvalue weighted by atomic mass is 10.0. The summed E-state index contributed by atoms with van der Waals surface area (Å²) in [6.07, 6.45) is 4.15. The van der Waals surface area contributed by atoms with Crippen LogP contribution in [-0.4, -0.2) is 28.2 Å². The second-order valence-electron chi connectivity index (χ2n) is 6.26. The van der Waals surface area contributed by atoms with Gasteiger partial charge in [0.05, 0.1) is 12.8 Å². The van der Waals surface area contributed by atoms with Gasteiger partial charge in [0.2, 0.25) is 0 Å². The van der Waals surface area contributed by atoms with Gasteiger partial charge in [-0.25, -0.2) is 0 Å². The Bertz CT molecular complexity index is 1130. The summed E-state index contributed by atoms with van der Waals surface area (Å²) in [4.78, 5) is 16.7. The van der Waals surface area contributed by atoms with Crippen LogP contribution in [-0.2, 0) is 6.42 Å². The fraction of sp³-hybridized carbons (Fsp3) is 0.0909. The van der Waals surface area contributed by atoms with E-state index in [-0.39, 0.29) is 5.91 Å². The van der Waals surface area contributed by atoms with Gasteiger partial charge in [-0.3, -0.25) is 9.78 Å². The molecule has 4 rings (SSSR count). The molecule has 1 N–H and O–H groups in total. The van der Waals surface area contributed by atoms with Gasteiger partial charge in [-0.2, -0.15) is 5.10 Å². The summed E-state index contributed by atoms with van der Waals surface area (Å²) < 4.78 is 5.19. The molecule has 2 aromatic carbocycles. The molecule has 0 bridgehead atoms. The van der Waals surface area contributed by atoms with Crippen LogP contribution in [0.1, 0.15) is 21.6 Å². The van der Waals surface area contributed by atoms with Crippen molar-refractivity contribution in [2.75, 3.05) is 12.4 Å². The van der Waals surface area contributed by atoms with Crippen LogP contribution >= 0.6 is 0 Å². The average Bonchev–Trinajstić information content (AvgIpc) is 2.76. The molecule has 0 aliphatic heterocycles. The molecule has 0 aliphatic carbocycles. The average molecular weight is 370 g/mol. The van der Waals surface area contributed by atoms with E-state index in [1.807, 2.05) is 36.4 Å². The van der Waals surface area contributed by atoms with Crippen molar-refractivity contribution >= 4 is 22.5 Å². The molecule has 0 radical (unpaired) electrons. The molecule has 6 heteroatoms. The lowest BCUT2D eigenvalue weighted by Crippen LogP contribution is -2.14. The van der Waals surface area contributed by atoms with Crippen molar-refractivity contribution in [2.45, 2.75) is 6.42 Å². The minimum absolute atomic E-state index is 0.264. The molecular formula is C22H18N4O2. The smallest absolute Gasteiger partial charge is 0.257 e. The number of rotatable bonds is 5. The van der Waals surface area contributed by atoms with Gasteiger partial charge in [-0.05, 0) is 35.9 Å². The Kier molecular flexibility index (Phi) is 4.93. The van der Waals surface area contributed by atoms with Gasteiger partial charge in [0.15, 0.2) is 5.82 Å². The van der Waals surface area contributed by atoms with Crippen LogP contribution in [0.5, 0.6) is 5.75 Å². The SMILES string of the molecule is COc1cccc(C(=O)Nc2nnc(Cc3ccncc3)c3ccccc23)c1. The van der Waals surface area contributed by atoms with Gasteiger partial charge < -0.3 is 10.1 Å². The van der Waals surface area contributed by atoms with E-state index in [9.17, 15) is 4.79 Å². The zero-order chi connectivity index (χ0) is 19.3. The van der Waals surface area contributed by atoms with E-state index >= 15 is 0 Å². The second-order valence-corrected chi connectivity index (χ2v) is 6.26. The highest BCUT2D eigenvalue weighted by Crippen LogP contribution is 2.25. The minimum atomic E-state index is -0.264. The number of fused-ring (bicyclic) bond motifs is 1. The molecule has 2 heterocycles. The lowest BCUT2D eigenvalue weighted by Gasteiger charge is -2.11. The summed E-state index contributed by atoms with van der Waals surface area (Å²) in [5, 5.41) is 13.3. The van der Waals surface area contributed by atoms with Gasteiger partial charge in [-0.15, -0.1) is 5.10 Å². The van der Waals surface area contributed by atoms with Gasteiger partial charge in [0.25, 0.3) is 5.91 Å². The summed E-state index contributed by atoms with van der Waals surface area (Å²) in [5.74, 6) is 0.790. The van der Waals surface area contributed by atoms with Crippen LogP contribution in [0, 0.1) is 0 Å². The molecule has 1 amide bonds. The number of carbonyl (C=O) groups excluding carboxylic acids is 1. The van der Waals surface area contributed by atoms with Crippen LogP contribution in [0.15, 0.2) is 73.1 Å². The molecule has 138 valence electrons. The number of carbonyl (C=O) groups is 1. The van der Waals surface area contributed by atoms with Crippen molar-refractivity contribution in [3.05, 3.63) is 89.9 Å². The Morgan fingerprint density at radius 3 is 2.54 bits per heavy atom. The summed E-state index contributed by atoms with van der Waals surface area (Å²) in [6.45, 7) is 0. The molecular weight excluding hydrogens is 352 g/mol. The summed E-state index contributed by atoms with van der Waals surface area (Å²) >= 11 is 0. The maximum atomic E-state index is 12.7. The van der Waals surface area contributed by atoms with Crippen LogP contribution in [0.25, 0.3) is 10.8 Å². The molecule has 0 saturated carbocycles. The van der Waals surface area contributed by atoms with Gasteiger partial charge >= 0.3 is 0 Å². The Labute approximate surface area is 162 Å². The molecule has 2 aromatic heterocycles. The summed E-state index contributed by atoms with van der Waals surface area (Å²) in [5.41, 5.74) is 2.44. The first-order valence-electron chi connectivity index (χ1n) is 8.83. The molecule has 0 aliphatic rings. The van der Waals surface area contributed by atoms with E-state index in [4.69, 9.17) is 4.74 Å². The van der Waals surface area contributed by atoms with Crippen molar-refractivity contribution in [3.63, 3.8) is 0 Å². The molecule has 0 saturated heterocycles. The standard InChI is InChI=1S/C22H18N4O2/c1-28-17-6-4-5-16(14-17)22(27)24-21-19-8-3-2-7-18(19)20(25-26-21)13-15-9-11-23-12-10-15/h2-12,14H,13H2,1H3,(H,24,26,27). The van der Waals surface area contributed by atoms with Crippen molar-refractivity contribution < 1.29 is 9.53 Å². The molecule has 6 nitrogen and oxygen atoms in total. The second kappa shape index (κ2) is 7.84. The third-order valence-corrected chi connectivity index (χ3v) is 4.45. The topological polar surface area (TPSA) is 77.0 Å². The molecule has 0 unspecified atom stereocenters. The first-order valence-corrected chi connectivity index (χ1v) is 8.83. The van der Waals surface area contributed by atoms with Crippen molar-refractivity contribution in [2.24, 2.45) is 0 Å². The van der Waals surface area contributed by atoms with Crippen LogP contribution in [0.4, 0.5) is 5.82 Å². The third-order valence-electron chi connectivity index (χ3n) is 4.45. The number of anilines is 1.